The van der Waals surface area contributed by atoms with E-state index >= 15 is 0 Å². The summed E-state index contributed by atoms with van der Waals surface area (Å²) < 4.78 is 5.39. The molecule has 0 radical (unpaired) electrons. The predicted molar refractivity (Wildman–Crippen MR) is 79.3 cm³/mol. The van der Waals surface area contributed by atoms with E-state index in [9.17, 15) is 5.11 Å². The largest absolute Gasteiger partial charge is 0.508 e. The van der Waals surface area contributed by atoms with Crippen LogP contribution in [0.15, 0.2) is 6.07 Å². The van der Waals surface area contributed by atoms with E-state index in [2.05, 4.69) is 13.8 Å². The molecule has 2 heteroatoms. The molecule has 0 amide bonds. The summed E-state index contributed by atoms with van der Waals surface area (Å²) in [5, 5.41) is 10.0. The highest BCUT2D eigenvalue weighted by Gasteiger charge is 2.28. The maximum Gasteiger partial charge on any atom is 0.174 e. The number of ether oxygens (including phenoxy) is 1. The van der Waals surface area contributed by atoms with Gasteiger partial charge in [-0.05, 0) is 19.3 Å². The molecule has 1 aromatic rings. The SMILES string of the molecule is CCCCCCCCCc1c(O)cc2c(c1CC)O2. The Hall–Kier alpha value is -1.18. The van der Waals surface area contributed by atoms with E-state index in [4.69, 9.17) is 4.74 Å². The highest BCUT2D eigenvalue weighted by Crippen LogP contribution is 2.52. The van der Waals surface area contributed by atoms with Crippen molar-refractivity contribution in [3.63, 3.8) is 0 Å². The number of aromatic hydroxyl groups is 1. The van der Waals surface area contributed by atoms with Gasteiger partial charge in [0, 0.05) is 17.2 Å². The number of benzene rings is 1. The number of hydrogen-bond donors (Lipinski definition) is 1. The van der Waals surface area contributed by atoms with Gasteiger partial charge in [0.05, 0.1) is 0 Å². The van der Waals surface area contributed by atoms with Crippen molar-refractivity contribution in [1.82, 2.24) is 0 Å². The smallest absolute Gasteiger partial charge is 0.174 e. The zero-order valence-electron chi connectivity index (χ0n) is 12.3. The topological polar surface area (TPSA) is 32.8 Å². The molecule has 0 unspecified atom stereocenters. The Labute approximate surface area is 116 Å². The van der Waals surface area contributed by atoms with Crippen molar-refractivity contribution in [1.29, 1.82) is 0 Å². The van der Waals surface area contributed by atoms with E-state index in [1.165, 1.54) is 50.5 Å². The first kappa shape index (κ1) is 14.2. The summed E-state index contributed by atoms with van der Waals surface area (Å²) in [5.74, 6) is 2.33. The number of phenols is 1. The summed E-state index contributed by atoms with van der Waals surface area (Å²) in [5.41, 5.74) is 2.34. The Balaban J connectivity index is 1.76. The highest BCUT2D eigenvalue weighted by molar-refractivity contribution is 5.66. The molecule has 0 saturated carbocycles. The van der Waals surface area contributed by atoms with E-state index in [0.717, 1.165) is 29.9 Å². The summed E-state index contributed by atoms with van der Waals surface area (Å²) in [6.07, 6.45) is 11.1. The zero-order chi connectivity index (χ0) is 13.7. The summed E-state index contributed by atoms with van der Waals surface area (Å²) in [6, 6.07) is 1.77. The summed E-state index contributed by atoms with van der Waals surface area (Å²) in [7, 11) is 0. The lowest BCUT2D eigenvalue weighted by atomic mass is 9.98. The second-order valence-corrected chi connectivity index (χ2v) is 5.51. The molecule has 1 heterocycles. The minimum atomic E-state index is 0.430. The monoisotopic (exact) mass is 262 g/mol. The summed E-state index contributed by atoms with van der Waals surface area (Å²) in [6.45, 7) is 4.38. The van der Waals surface area contributed by atoms with Crippen molar-refractivity contribution in [2.75, 3.05) is 0 Å². The second-order valence-electron chi connectivity index (χ2n) is 5.51. The number of hydrogen-bond acceptors (Lipinski definition) is 2. The lowest BCUT2D eigenvalue weighted by Gasteiger charge is -2.07. The van der Waals surface area contributed by atoms with Gasteiger partial charge in [-0.2, -0.15) is 0 Å². The lowest BCUT2D eigenvalue weighted by molar-refractivity contribution is 0.465. The van der Waals surface area contributed by atoms with E-state index in [1.807, 2.05) is 0 Å². The second kappa shape index (κ2) is 6.83. The van der Waals surface area contributed by atoms with Gasteiger partial charge in [-0.15, -0.1) is 0 Å². The van der Waals surface area contributed by atoms with E-state index in [1.54, 1.807) is 6.07 Å². The molecule has 0 fully saturated rings. The lowest BCUT2D eigenvalue weighted by Crippen LogP contribution is -1.92. The highest BCUT2D eigenvalue weighted by atomic mass is 16.6. The van der Waals surface area contributed by atoms with Gasteiger partial charge >= 0.3 is 0 Å². The van der Waals surface area contributed by atoms with Gasteiger partial charge in [-0.3, -0.25) is 0 Å². The van der Waals surface area contributed by atoms with Crippen LogP contribution in [0.25, 0.3) is 0 Å². The molecule has 2 rings (SSSR count). The van der Waals surface area contributed by atoms with Gasteiger partial charge in [0.25, 0.3) is 0 Å². The Morgan fingerprint density at radius 3 is 2.32 bits per heavy atom. The Bertz CT molecular complexity index is 424. The van der Waals surface area contributed by atoms with Gasteiger partial charge in [0.15, 0.2) is 11.5 Å². The first-order valence-electron chi connectivity index (χ1n) is 7.83. The van der Waals surface area contributed by atoms with Crippen LogP contribution in [-0.2, 0) is 12.8 Å². The van der Waals surface area contributed by atoms with Crippen molar-refractivity contribution >= 4 is 0 Å². The zero-order valence-corrected chi connectivity index (χ0v) is 12.3. The Kier molecular flexibility index (Phi) is 5.12. The quantitative estimate of drug-likeness (QED) is 0.488. The first-order valence-corrected chi connectivity index (χ1v) is 7.83. The summed E-state index contributed by atoms with van der Waals surface area (Å²) in [4.78, 5) is 0. The molecular weight excluding hydrogens is 236 g/mol. The third-order valence-electron chi connectivity index (χ3n) is 3.99. The van der Waals surface area contributed by atoms with Crippen LogP contribution in [0.5, 0.6) is 17.2 Å². The van der Waals surface area contributed by atoms with Gasteiger partial charge < -0.3 is 9.84 Å². The average molecular weight is 262 g/mol. The third-order valence-corrected chi connectivity index (χ3v) is 3.99. The molecule has 0 spiro atoms. The van der Waals surface area contributed by atoms with Crippen molar-refractivity contribution < 1.29 is 9.84 Å². The number of phenolic OH excluding ortho intramolecular Hbond substituents is 1. The van der Waals surface area contributed by atoms with Crippen LogP contribution in [0, 0.1) is 0 Å². The van der Waals surface area contributed by atoms with Crippen LogP contribution in [0.1, 0.15) is 69.9 Å². The standard InChI is InChI=1S/C17H26O2/c1-3-5-6-7-8-9-10-11-14-13(4-2)17-16(19-17)12-15(14)18/h12,18H,3-11H2,1-2H3. The molecule has 1 aromatic carbocycles. The average Bonchev–Trinajstić information content (AvgIpc) is 3.16. The molecule has 0 aliphatic carbocycles. The molecule has 19 heavy (non-hydrogen) atoms. The Morgan fingerprint density at radius 2 is 1.63 bits per heavy atom. The fraction of sp³-hybridized carbons (Fsp3) is 0.647. The molecule has 0 saturated heterocycles. The van der Waals surface area contributed by atoms with Gasteiger partial charge in [-0.25, -0.2) is 0 Å². The number of rotatable bonds is 9. The molecule has 106 valence electrons. The molecule has 1 aliphatic rings. The minimum absolute atomic E-state index is 0.430. The fourth-order valence-electron chi connectivity index (χ4n) is 2.80. The molecule has 2 nitrogen and oxygen atoms in total. The maximum atomic E-state index is 10.0. The normalized spacial score (nSPS) is 12.1. The van der Waals surface area contributed by atoms with E-state index < -0.39 is 0 Å². The summed E-state index contributed by atoms with van der Waals surface area (Å²) >= 11 is 0. The first-order chi connectivity index (χ1) is 9.27. The van der Waals surface area contributed by atoms with E-state index in [0.29, 0.717) is 5.75 Å². The van der Waals surface area contributed by atoms with Crippen molar-refractivity contribution in [3.8, 4) is 17.2 Å². The van der Waals surface area contributed by atoms with Gasteiger partial charge in [-0.1, -0.05) is 52.4 Å². The van der Waals surface area contributed by atoms with Crippen LogP contribution < -0.4 is 4.74 Å². The van der Waals surface area contributed by atoms with Gasteiger partial charge in [0.2, 0.25) is 0 Å². The van der Waals surface area contributed by atoms with Crippen LogP contribution in [0.2, 0.25) is 0 Å². The third kappa shape index (κ3) is 3.65. The molecule has 1 aliphatic heterocycles. The molecule has 0 bridgehead atoms. The molecule has 1 N–H and O–H groups in total. The van der Waals surface area contributed by atoms with Crippen LogP contribution in [0.4, 0.5) is 0 Å². The number of fused-ring (bicyclic) bond motifs is 1. The molecular formula is C17H26O2. The maximum absolute atomic E-state index is 10.0. The molecule has 0 atom stereocenters. The predicted octanol–water partition coefficient (Wildman–Crippen LogP) is 5.35. The van der Waals surface area contributed by atoms with Crippen molar-refractivity contribution in [2.45, 2.75) is 71.6 Å². The van der Waals surface area contributed by atoms with Crippen LogP contribution in [0.3, 0.4) is 0 Å². The van der Waals surface area contributed by atoms with E-state index in [-0.39, 0.29) is 0 Å². The molecule has 0 aromatic heterocycles. The van der Waals surface area contributed by atoms with Crippen LogP contribution >= 0.6 is 0 Å². The minimum Gasteiger partial charge on any atom is -0.508 e. The fourth-order valence-corrected chi connectivity index (χ4v) is 2.80. The number of unbranched alkanes of at least 4 members (excludes halogenated alkanes) is 6. The van der Waals surface area contributed by atoms with Crippen molar-refractivity contribution in [2.24, 2.45) is 0 Å². The van der Waals surface area contributed by atoms with Crippen molar-refractivity contribution in [3.05, 3.63) is 17.2 Å². The Morgan fingerprint density at radius 1 is 0.947 bits per heavy atom. The van der Waals surface area contributed by atoms with Gasteiger partial charge in [0.1, 0.15) is 5.75 Å². The van der Waals surface area contributed by atoms with Crippen LogP contribution in [-0.4, -0.2) is 5.11 Å².